The average molecular weight is 264 g/mol. The Morgan fingerprint density at radius 1 is 1.32 bits per heavy atom. The summed E-state index contributed by atoms with van der Waals surface area (Å²) in [5.41, 5.74) is 0.578. The van der Waals surface area contributed by atoms with Gasteiger partial charge in [0.1, 0.15) is 12.6 Å². The first-order valence-corrected chi connectivity index (χ1v) is 5.80. The minimum absolute atomic E-state index is 0.00615. The van der Waals surface area contributed by atoms with Crippen molar-refractivity contribution in [2.75, 3.05) is 25.3 Å². The van der Waals surface area contributed by atoms with Gasteiger partial charge in [0.25, 0.3) is 0 Å². The maximum absolute atomic E-state index is 11.9. The molecule has 1 aromatic rings. The summed E-state index contributed by atoms with van der Waals surface area (Å²) < 4.78 is 15.4. The first-order valence-electron chi connectivity index (χ1n) is 5.80. The van der Waals surface area contributed by atoms with Crippen molar-refractivity contribution in [2.24, 2.45) is 0 Å². The summed E-state index contributed by atoms with van der Waals surface area (Å²) in [6, 6.07) is 4.42. The molecule has 2 aliphatic heterocycles. The highest BCUT2D eigenvalue weighted by molar-refractivity contribution is 5.98. The number of anilines is 1. The standard InChI is InChI=1S/C12H12N2O5/c15-11-5-17-4-8(14-11)12(16)13-7-1-2-9-10(3-7)19-6-18-9/h1-3,8H,4-6H2,(H,13,16)(H,14,15). The molecule has 1 unspecified atom stereocenters. The van der Waals surface area contributed by atoms with E-state index in [9.17, 15) is 9.59 Å². The monoisotopic (exact) mass is 264 g/mol. The second kappa shape index (κ2) is 4.77. The Morgan fingerprint density at radius 3 is 3.00 bits per heavy atom. The Balaban J connectivity index is 1.67. The summed E-state index contributed by atoms with van der Waals surface area (Å²) >= 11 is 0. The summed E-state index contributed by atoms with van der Waals surface area (Å²) in [4.78, 5) is 23.1. The van der Waals surface area contributed by atoms with E-state index >= 15 is 0 Å². The van der Waals surface area contributed by atoms with E-state index in [0.29, 0.717) is 17.2 Å². The molecule has 1 aromatic carbocycles. The Labute approximate surface area is 108 Å². The fraction of sp³-hybridized carbons (Fsp3) is 0.333. The number of hydrogen-bond acceptors (Lipinski definition) is 5. The van der Waals surface area contributed by atoms with Crippen molar-refractivity contribution in [3.63, 3.8) is 0 Å². The van der Waals surface area contributed by atoms with Gasteiger partial charge in [0.2, 0.25) is 18.6 Å². The highest BCUT2D eigenvalue weighted by Gasteiger charge is 2.25. The third-order valence-corrected chi connectivity index (χ3v) is 2.81. The van der Waals surface area contributed by atoms with E-state index in [0.717, 1.165) is 0 Å². The number of carbonyl (C=O) groups is 2. The van der Waals surface area contributed by atoms with Crippen molar-refractivity contribution in [3.05, 3.63) is 18.2 Å². The van der Waals surface area contributed by atoms with Crippen LogP contribution in [0.25, 0.3) is 0 Å². The molecule has 0 spiro atoms. The van der Waals surface area contributed by atoms with Crippen molar-refractivity contribution in [2.45, 2.75) is 6.04 Å². The summed E-state index contributed by atoms with van der Waals surface area (Å²) in [7, 11) is 0. The first kappa shape index (κ1) is 11.8. The van der Waals surface area contributed by atoms with Crippen LogP contribution in [0, 0.1) is 0 Å². The summed E-state index contributed by atoms with van der Waals surface area (Å²) in [6.45, 7) is 0.342. The highest BCUT2D eigenvalue weighted by atomic mass is 16.7. The summed E-state index contributed by atoms with van der Waals surface area (Å²) in [6.07, 6.45) is 0. The normalized spacial score (nSPS) is 20.8. The van der Waals surface area contributed by atoms with Crippen LogP contribution in [-0.2, 0) is 14.3 Å². The van der Waals surface area contributed by atoms with Crippen LogP contribution in [0.3, 0.4) is 0 Å². The van der Waals surface area contributed by atoms with E-state index in [2.05, 4.69) is 10.6 Å². The molecule has 0 bridgehead atoms. The number of amides is 2. The molecule has 1 saturated heterocycles. The van der Waals surface area contributed by atoms with Crippen LogP contribution >= 0.6 is 0 Å². The number of benzene rings is 1. The van der Waals surface area contributed by atoms with Crippen LogP contribution in [0.1, 0.15) is 0 Å². The molecule has 0 radical (unpaired) electrons. The minimum Gasteiger partial charge on any atom is -0.454 e. The number of fused-ring (bicyclic) bond motifs is 1. The molecule has 0 aromatic heterocycles. The molecule has 2 heterocycles. The maximum atomic E-state index is 11.9. The number of rotatable bonds is 2. The van der Waals surface area contributed by atoms with Crippen LogP contribution in [0.15, 0.2) is 18.2 Å². The van der Waals surface area contributed by atoms with Crippen molar-refractivity contribution in [3.8, 4) is 11.5 Å². The molecule has 100 valence electrons. The Bertz CT molecular complexity index is 531. The Morgan fingerprint density at radius 2 is 2.16 bits per heavy atom. The zero-order valence-electron chi connectivity index (χ0n) is 9.97. The van der Waals surface area contributed by atoms with Crippen LogP contribution in [0.2, 0.25) is 0 Å². The lowest BCUT2D eigenvalue weighted by Gasteiger charge is -2.22. The van der Waals surface area contributed by atoms with E-state index in [4.69, 9.17) is 14.2 Å². The fourth-order valence-electron chi connectivity index (χ4n) is 1.89. The van der Waals surface area contributed by atoms with E-state index < -0.39 is 6.04 Å². The van der Waals surface area contributed by atoms with Gasteiger partial charge in [-0.15, -0.1) is 0 Å². The summed E-state index contributed by atoms with van der Waals surface area (Å²) in [5, 5.41) is 5.25. The topological polar surface area (TPSA) is 85.9 Å². The Kier molecular flexibility index (Phi) is 2.96. The molecular weight excluding hydrogens is 252 g/mol. The van der Waals surface area contributed by atoms with Gasteiger partial charge in [-0.05, 0) is 12.1 Å². The van der Waals surface area contributed by atoms with Gasteiger partial charge in [-0.3, -0.25) is 9.59 Å². The van der Waals surface area contributed by atoms with Crippen LogP contribution < -0.4 is 20.1 Å². The second-order valence-electron chi connectivity index (χ2n) is 4.19. The fourth-order valence-corrected chi connectivity index (χ4v) is 1.89. The molecule has 1 fully saturated rings. The van der Waals surface area contributed by atoms with E-state index in [-0.39, 0.29) is 31.8 Å². The molecule has 2 amide bonds. The summed E-state index contributed by atoms with van der Waals surface area (Å²) in [5.74, 6) is 0.609. The minimum atomic E-state index is -0.674. The van der Waals surface area contributed by atoms with E-state index in [1.165, 1.54) is 0 Å². The molecule has 7 nitrogen and oxygen atoms in total. The molecule has 0 aliphatic carbocycles. The Hall–Kier alpha value is -2.28. The van der Waals surface area contributed by atoms with Gasteiger partial charge < -0.3 is 24.8 Å². The molecule has 1 atom stereocenters. The molecule has 2 aliphatic rings. The van der Waals surface area contributed by atoms with Crippen molar-refractivity contribution < 1.29 is 23.8 Å². The van der Waals surface area contributed by atoms with Crippen LogP contribution in [0.4, 0.5) is 5.69 Å². The van der Waals surface area contributed by atoms with Gasteiger partial charge >= 0.3 is 0 Å². The highest BCUT2D eigenvalue weighted by Crippen LogP contribution is 2.34. The van der Waals surface area contributed by atoms with E-state index in [1.807, 2.05) is 0 Å². The van der Waals surface area contributed by atoms with E-state index in [1.54, 1.807) is 18.2 Å². The lowest BCUT2D eigenvalue weighted by atomic mass is 10.2. The SMILES string of the molecule is O=C1COCC(C(=O)Nc2ccc3c(c2)OCO3)N1. The van der Waals surface area contributed by atoms with Gasteiger partial charge in [0, 0.05) is 11.8 Å². The molecule has 0 saturated carbocycles. The third kappa shape index (κ3) is 2.45. The van der Waals surface area contributed by atoms with Crippen molar-refractivity contribution in [1.82, 2.24) is 5.32 Å². The van der Waals surface area contributed by atoms with Gasteiger partial charge in [-0.25, -0.2) is 0 Å². The third-order valence-electron chi connectivity index (χ3n) is 2.81. The number of morpholine rings is 1. The lowest BCUT2D eigenvalue weighted by Crippen LogP contribution is -2.51. The zero-order chi connectivity index (χ0) is 13.2. The first-order chi connectivity index (χ1) is 9.22. The van der Waals surface area contributed by atoms with Gasteiger partial charge in [-0.2, -0.15) is 0 Å². The maximum Gasteiger partial charge on any atom is 0.249 e. The molecular formula is C12H12N2O5. The molecule has 3 rings (SSSR count). The zero-order valence-corrected chi connectivity index (χ0v) is 9.97. The number of carbonyl (C=O) groups excluding carboxylic acids is 2. The predicted molar refractivity (Wildman–Crippen MR) is 63.9 cm³/mol. The second-order valence-corrected chi connectivity index (χ2v) is 4.19. The van der Waals surface area contributed by atoms with Gasteiger partial charge in [0.15, 0.2) is 11.5 Å². The molecule has 2 N–H and O–H groups in total. The lowest BCUT2D eigenvalue weighted by molar-refractivity contribution is -0.136. The van der Waals surface area contributed by atoms with Crippen molar-refractivity contribution >= 4 is 17.5 Å². The van der Waals surface area contributed by atoms with Gasteiger partial charge in [-0.1, -0.05) is 0 Å². The predicted octanol–water partition coefficient (Wildman–Crippen LogP) is -0.131. The van der Waals surface area contributed by atoms with Crippen LogP contribution in [0.5, 0.6) is 11.5 Å². The molecule has 7 heteroatoms. The smallest absolute Gasteiger partial charge is 0.249 e. The number of nitrogens with one attached hydrogen (secondary N) is 2. The van der Waals surface area contributed by atoms with Crippen molar-refractivity contribution in [1.29, 1.82) is 0 Å². The number of ether oxygens (including phenoxy) is 3. The molecule has 19 heavy (non-hydrogen) atoms. The van der Waals surface area contributed by atoms with Gasteiger partial charge in [0.05, 0.1) is 6.61 Å². The largest absolute Gasteiger partial charge is 0.454 e. The van der Waals surface area contributed by atoms with Crippen LogP contribution in [-0.4, -0.2) is 37.9 Å². The quantitative estimate of drug-likeness (QED) is 0.777. The number of hydrogen-bond donors (Lipinski definition) is 2. The average Bonchev–Trinajstić information content (AvgIpc) is 2.86.